The molecule has 0 saturated carbocycles. The lowest BCUT2D eigenvalue weighted by Gasteiger charge is -2.25. The Bertz CT molecular complexity index is 434. The number of Topliss-reactive ketones (excluding diaryl/α,β-unsaturated/α-hetero) is 1. The van der Waals surface area contributed by atoms with Crippen LogP contribution in [-0.2, 0) is 9.59 Å². The van der Waals surface area contributed by atoms with Crippen LogP contribution in [0.2, 0.25) is 0 Å². The summed E-state index contributed by atoms with van der Waals surface area (Å²) in [7, 11) is 0. The maximum absolute atomic E-state index is 11.8. The second-order valence-electron chi connectivity index (χ2n) is 4.16. The molecule has 0 N–H and O–H groups in total. The van der Waals surface area contributed by atoms with Gasteiger partial charge in [0.15, 0.2) is 6.61 Å². The molecule has 1 aromatic rings. The van der Waals surface area contributed by atoms with Crippen LogP contribution in [0.25, 0.3) is 0 Å². The number of piperidine rings is 1. The van der Waals surface area contributed by atoms with Gasteiger partial charge < -0.3 is 9.64 Å². The van der Waals surface area contributed by atoms with Crippen LogP contribution < -0.4 is 4.74 Å². The topological polar surface area (TPSA) is 46.6 Å². The normalized spacial score (nSPS) is 15.6. The maximum atomic E-state index is 11.8. The smallest absolute Gasteiger partial charge is 0.260 e. The summed E-state index contributed by atoms with van der Waals surface area (Å²) in [5.74, 6) is 0.871. The minimum atomic E-state index is -0.0546. The van der Waals surface area contributed by atoms with Crippen molar-refractivity contribution in [2.45, 2.75) is 12.8 Å². The van der Waals surface area contributed by atoms with Gasteiger partial charge in [-0.25, -0.2) is 0 Å². The lowest BCUT2D eigenvalue weighted by atomic mass is 10.1. The van der Waals surface area contributed by atoms with Crippen LogP contribution in [0.5, 0.6) is 5.75 Å². The SMILES string of the molecule is O=C1CCN(C(=O)COc2ccc(I)cc2)CC1. The third kappa shape index (κ3) is 3.69. The van der Waals surface area contributed by atoms with Crippen molar-refractivity contribution < 1.29 is 14.3 Å². The van der Waals surface area contributed by atoms with Gasteiger partial charge in [0, 0.05) is 29.5 Å². The highest BCUT2D eigenvalue weighted by atomic mass is 127. The molecule has 0 aromatic heterocycles. The van der Waals surface area contributed by atoms with Crippen LogP contribution >= 0.6 is 22.6 Å². The molecule has 0 bridgehead atoms. The van der Waals surface area contributed by atoms with Crippen molar-refractivity contribution in [3.63, 3.8) is 0 Å². The van der Waals surface area contributed by atoms with E-state index in [0.717, 1.165) is 3.57 Å². The average Bonchev–Trinajstić information content (AvgIpc) is 2.38. The van der Waals surface area contributed by atoms with Crippen molar-refractivity contribution in [1.29, 1.82) is 0 Å². The predicted molar refractivity (Wildman–Crippen MR) is 75.5 cm³/mol. The Labute approximate surface area is 119 Å². The number of benzene rings is 1. The summed E-state index contributed by atoms with van der Waals surface area (Å²) in [6.45, 7) is 1.08. The molecule has 1 heterocycles. The van der Waals surface area contributed by atoms with Gasteiger partial charge in [-0.1, -0.05) is 0 Å². The molecule has 0 unspecified atom stereocenters. The maximum Gasteiger partial charge on any atom is 0.260 e. The summed E-state index contributed by atoms with van der Waals surface area (Å²) in [6.07, 6.45) is 0.935. The van der Waals surface area contributed by atoms with Crippen molar-refractivity contribution in [2.24, 2.45) is 0 Å². The van der Waals surface area contributed by atoms with E-state index >= 15 is 0 Å². The summed E-state index contributed by atoms with van der Waals surface area (Å²) in [5.41, 5.74) is 0. The molecular formula is C13H14INO3. The number of amides is 1. The summed E-state index contributed by atoms with van der Waals surface area (Å²) in [4.78, 5) is 24.6. The van der Waals surface area contributed by atoms with E-state index in [-0.39, 0.29) is 18.3 Å². The fourth-order valence-corrected chi connectivity index (χ4v) is 2.13. The molecule has 1 saturated heterocycles. The Morgan fingerprint density at radius 3 is 2.44 bits per heavy atom. The Morgan fingerprint density at radius 2 is 1.83 bits per heavy atom. The molecule has 0 atom stereocenters. The zero-order chi connectivity index (χ0) is 13.0. The van der Waals surface area contributed by atoms with Crippen molar-refractivity contribution in [3.05, 3.63) is 27.8 Å². The van der Waals surface area contributed by atoms with Crippen molar-refractivity contribution in [1.82, 2.24) is 4.90 Å². The molecule has 2 rings (SSSR count). The first-order valence-electron chi connectivity index (χ1n) is 5.83. The molecule has 1 fully saturated rings. The van der Waals surface area contributed by atoms with Gasteiger partial charge in [-0.2, -0.15) is 0 Å². The number of carbonyl (C=O) groups is 2. The van der Waals surface area contributed by atoms with Crippen LogP contribution in [0.1, 0.15) is 12.8 Å². The van der Waals surface area contributed by atoms with Crippen LogP contribution in [0.3, 0.4) is 0 Å². The second kappa shape index (κ2) is 6.17. The fraction of sp³-hybridized carbons (Fsp3) is 0.385. The van der Waals surface area contributed by atoms with E-state index in [0.29, 0.717) is 31.7 Å². The Kier molecular flexibility index (Phi) is 4.57. The van der Waals surface area contributed by atoms with Crippen molar-refractivity contribution in [3.8, 4) is 5.75 Å². The number of likely N-dealkylation sites (tertiary alicyclic amines) is 1. The van der Waals surface area contributed by atoms with Gasteiger partial charge >= 0.3 is 0 Å². The van der Waals surface area contributed by atoms with Gasteiger partial charge in [0.1, 0.15) is 11.5 Å². The predicted octanol–water partition coefficient (Wildman–Crippen LogP) is 1.86. The number of rotatable bonds is 3. The van der Waals surface area contributed by atoms with E-state index in [2.05, 4.69) is 22.6 Å². The first kappa shape index (κ1) is 13.3. The lowest BCUT2D eigenvalue weighted by molar-refractivity contribution is -0.136. The summed E-state index contributed by atoms with van der Waals surface area (Å²) < 4.78 is 6.55. The monoisotopic (exact) mass is 359 g/mol. The number of ether oxygens (including phenoxy) is 1. The van der Waals surface area contributed by atoms with Crippen molar-refractivity contribution >= 4 is 34.3 Å². The van der Waals surface area contributed by atoms with E-state index in [1.54, 1.807) is 4.90 Å². The molecule has 4 nitrogen and oxygen atoms in total. The Balaban J connectivity index is 1.81. The van der Waals surface area contributed by atoms with Gasteiger partial charge in [-0.3, -0.25) is 9.59 Å². The molecule has 96 valence electrons. The summed E-state index contributed by atoms with van der Waals surface area (Å²) >= 11 is 2.21. The quantitative estimate of drug-likeness (QED) is 0.775. The minimum Gasteiger partial charge on any atom is -0.484 e. The first-order chi connectivity index (χ1) is 8.65. The van der Waals surface area contributed by atoms with E-state index < -0.39 is 0 Å². The molecule has 18 heavy (non-hydrogen) atoms. The van der Waals surface area contributed by atoms with Gasteiger partial charge in [0.05, 0.1) is 0 Å². The standard InChI is InChI=1S/C13H14INO3/c14-10-1-3-12(4-2-10)18-9-13(17)15-7-5-11(16)6-8-15/h1-4H,5-9H2. The molecule has 0 radical (unpaired) electrons. The van der Waals surface area contributed by atoms with E-state index in [1.807, 2.05) is 24.3 Å². The molecule has 0 aliphatic carbocycles. The number of hydrogen-bond acceptors (Lipinski definition) is 3. The highest BCUT2D eigenvalue weighted by Crippen LogP contribution is 2.14. The van der Waals surface area contributed by atoms with Crippen LogP contribution in [0.15, 0.2) is 24.3 Å². The highest BCUT2D eigenvalue weighted by molar-refractivity contribution is 14.1. The number of ketones is 1. The third-order valence-corrected chi connectivity index (χ3v) is 3.57. The van der Waals surface area contributed by atoms with Crippen LogP contribution in [0.4, 0.5) is 0 Å². The lowest BCUT2D eigenvalue weighted by Crippen LogP contribution is -2.41. The minimum absolute atomic E-state index is 0.0365. The second-order valence-corrected chi connectivity index (χ2v) is 5.41. The van der Waals surface area contributed by atoms with E-state index in [4.69, 9.17) is 4.74 Å². The Morgan fingerprint density at radius 1 is 1.22 bits per heavy atom. The molecule has 1 aliphatic rings. The van der Waals surface area contributed by atoms with Gasteiger partial charge in [-0.05, 0) is 46.9 Å². The number of halogens is 1. The van der Waals surface area contributed by atoms with Crippen molar-refractivity contribution in [2.75, 3.05) is 19.7 Å². The van der Waals surface area contributed by atoms with Crippen LogP contribution in [-0.4, -0.2) is 36.3 Å². The van der Waals surface area contributed by atoms with Crippen LogP contribution in [0, 0.1) is 3.57 Å². The molecular weight excluding hydrogens is 345 g/mol. The van der Waals surface area contributed by atoms with E-state index in [9.17, 15) is 9.59 Å². The zero-order valence-electron chi connectivity index (χ0n) is 9.89. The first-order valence-corrected chi connectivity index (χ1v) is 6.91. The van der Waals surface area contributed by atoms with Gasteiger partial charge in [0.25, 0.3) is 5.91 Å². The van der Waals surface area contributed by atoms with Gasteiger partial charge in [0.2, 0.25) is 0 Å². The Hall–Kier alpha value is -1.11. The molecule has 0 spiro atoms. The van der Waals surface area contributed by atoms with E-state index in [1.165, 1.54) is 0 Å². The number of carbonyl (C=O) groups excluding carboxylic acids is 2. The summed E-state index contributed by atoms with van der Waals surface area (Å²) in [6, 6.07) is 7.55. The molecule has 5 heteroatoms. The summed E-state index contributed by atoms with van der Waals surface area (Å²) in [5, 5.41) is 0. The van der Waals surface area contributed by atoms with Gasteiger partial charge in [-0.15, -0.1) is 0 Å². The largest absolute Gasteiger partial charge is 0.484 e. The average molecular weight is 359 g/mol. The number of nitrogens with zero attached hydrogens (tertiary/aromatic N) is 1. The fourth-order valence-electron chi connectivity index (χ4n) is 1.77. The highest BCUT2D eigenvalue weighted by Gasteiger charge is 2.20. The zero-order valence-corrected chi connectivity index (χ0v) is 12.1. The third-order valence-electron chi connectivity index (χ3n) is 2.85. The molecule has 1 aliphatic heterocycles. The molecule has 1 aromatic carbocycles. The molecule has 1 amide bonds. The number of hydrogen-bond donors (Lipinski definition) is 0.